The molecule has 0 unspecified atom stereocenters. The van der Waals surface area contributed by atoms with E-state index < -0.39 is 5.60 Å². The molecule has 1 saturated carbocycles. The number of halogens is 1. The molecule has 0 spiro atoms. The smallest absolute Gasteiger partial charge is 0.147 e. The van der Waals surface area contributed by atoms with Gasteiger partial charge in [-0.3, -0.25) is 9.88 Å². The van der Waals surface area contributed by atoms with Crippen molar-refractivity contribution in [3.8, 4) is 0 Å². The normalized spacial score (nSPS) is 22.7. The van der Waals surface area contributed by atoms with E-state index in [1.807, 2.05) is 19.2 Å². The second-order valence-electron chi connectivity index (χ2n) is 10.6. The quantitative estimate of drug-likeness (QED) is 0.471. The van der Waals surface area contributed by atoms with Gasteiger partial charge in [-0.1, -0.05) is 12.5 Å². The minimum Gasteiger partial charge on any atom is -0.368 e. The summed E-state index contributed by atoms with van der Waals surface area (Å²) < 4.78 is 24.6. The lowest BCUT2D eigenvalue weighted by molar-refractivity contribution is -0.0744. The molecule has 2 aromatic heterocycles. The lowest BCUT2D eigenvalue weighted by atomic mass is 9.86. The fourth-order valence-electron chi connectivity index (χ4n) is 6.29. The molecule has 33 heavy (non-hydrogen) atoms. The van der Waals surface area contributed by atoms with Gasteiger partial charge in [-0.2, -0.15) is 0 Å². The molecule has 0 amide bonds. The van der Waals surface area contributed by atoms with Crippen LogP contribution in [0.15, 0.2) is 36.7 Å². The van der Waals surface area contributed by atoms with Crippen LogP contribution in [-0.4, -0.2) is 34.1 Å². The van der Waals surface area contributed by atoms with Crippen molar-refractivity contribution >= 4 is 10.9 Å². The summed E-state index contributed by atoms with van der Waals surface area (Å²) in [6.45, 7) is 7.74. The van der Waals surface area contributed by atoms with Crippen LogP contribution in [-0.2, 0) is 23.3 Å². The SMILES string of the molecule is Cc1cc(F)c2c(c1)c1c(n2C[C@](C)(OCC2CCC2)c2cccnc2)CCN2CCC[C@H]12. The number of benzene rings is 1. The first kappa shape index (κ1) is 21.3. The summed E-state index contributed by atoms with van der Waals surface area (Å²) >= 11 is 0. The zero-order valence-corrected chi connectivity index (χ0v) is 19.8. The molecule has 2 aliphatic heterocycles. The Morgan fingerprint density at radius 3 is 2.82 bits per heavy atom. The average Bonchev–Trinajstić information content (AvgIpc) is 3.36. The molecule has 6 rings (SSSR count). The Morgan fingerprint density at radius 2 is 2.06 bits per heavy atom. The number of fused-ring (bicyclic) bond motifs is 5. The molecule has 3 aromatic rings. The Hall–Kier alpha value is -2.24. The number of aryl methyl sites for hydroxylation is 1. The van der Waals surface area contributed by atoms with Gasteiger partial charge in [0.2, 0.25) is 0 Å². The van der Waals surface area contributed by atoms with Crippen LogP contribution in [0.2, 0.25) is 0 Å². The van der Waals surface area contributed by atoms with E-state index in [9.17, 15) is 0 Å². The molecule has 2 atom stereocenters. The van der Waals surface area contributed by atoms with E-state index in [0.29, 0.717) is 18.5 Å². The monoisotopic (exact) mass is 447 g/mol. The van der Waals surface area contributed by atoms with Crippen LogP contribution in [0.4, 0.5) is 4.39 Å². The van der Waals surface area contributed by atoms with Crippen molar-refractivity contribution in [3.63, 3.8) is 0 Å². The Labute approximate surface area is 195 Å². The van der Waals surface area contributed by atoms with Crippen molar-refractivity contribution < 1.29 is 9.13 Å². The van der Waals surface area contributed by atoms with E-state index in [-0.39, 0.29) is 5.82 Å². The van der Waals surface area contributed by atoms with Crippen LogP contribution in [0.5, 0.6) is 0 Å². The first-order chi connectivity index (χ1) is 16.0. The molecule has 5 heteroatoms. The van der Waals surface area contributed by atoms with Crippen LogP contribution in [0.1, 0.15) is 67.5 Å². The maximum atomic E-state index is 15.6. The third-order valence-electron chi connectivity index (χ3n) is 8.33. The highest BCUT2D eigenvalue weighted by atomic mass is 19.1. The third kappa shape index (κ3) is 3.60. The number of aromatic nitrogens is 2. The molecule has 4 heterocycles. The largest absolute Gasteiger partial charge is 0.368 e. The van der Waals surface area contributed by atoms with Crippen molar-refractivity contribution in [2.24, 2.45) is 5.92 Å². The maximum absolute atomic E-state index is 15.6. The third-order valence-corrected chi connectivity index (χ3v) is 8.33. The van der Waals surface area contributed by atoms with Crippen LogP contribution >= 0.6 is 0 Å². The summed E-state index contributed by atoms with van der Waals surface area (Å²) in [6, 6.07) is 8.38. The molecular formula is C28H34FN3O. The highest BCUT2D eigenvalue weighted by Crippen LogP contribution is 2.45. The molecule has 0 radical (unpaired) electrons. The number of ether oxygens (including phenoxy) is 1. The Bertz CT molecular complexity index is 1170. The molecular weight excluding hydrogens is 413 g/mol. The van der Waals surface area contributed by atoms with Gasteiger partial charge in [-0.15, -0.1) is 0 Å². The molecule has 3 aliphatic rings. The zero-order chi connectivity index (χ0) is 22.6. The molecule has 0 bridgehead atoms. The summed E-state index contributed by atoms with van der Waals surface area (Å²) in [7, 11) is 0. The minimum atomic E-state index is -0.562. The Morgan fingerprint density at radius 1 is 1.18 bits per heavy atom. The molecule has 174 valence electrons. The maximum Gasteiger partial charge on any atom is 0.147 e. The molecule has 4 nitrogen and oxygen atoms in total. The van der Waals surface area contributed by atoms with E-state index in [4.69, 9.17) is 4.74 Å². The fraction of sp³-hybridized carbons (Fsp3) is 0.536. The van der Waals surface area contributed by atoms with Crippen molar-refractivity contribution in [2.45, 2.75) is 70.6 Å². The van der Waals surface area contributed by atoms with Crippen LogP contribution in [0, 0.1) is 18.7 Å². The van der Waals surface area contributed by atoms with Gasteiger partial charge in [0.1, 0.15) is 11.4 Å². The van der Waals surface area contributed by atoms with E-state index in [0.717, 1.165) is 48.1 Å². The number of pyridine rings is 1. The predicted molar refractivity (Wildman–Crippen MR) is 129 cm³/mol. The molecule has 1 aromatic carbocycles. The summed E-state index contributed by atoms with van der Waals surface area (Å²) in [5, 5.41) is 1.10. The van der Waals surface area contributed by atoms with Gasteiger partial charge in [-0.25, -0.2) is 4.39 Å². The highest BCUT2D eigenvalue weighted by Gasteiger charge is 2.38. The summed E-state index contributed by atoms with van der Waals surface area (Å²) in [6.07, 6.45) is 10.9. The lowest BCUT2D eigenvalue weighted by Crippen LogP contribution is -2.36. The van der Waals surface area contributed by atoms with Gasteiger partial charge < -0.3 is 9.30 Å². The van der Waals surface area contributed by atoms with Gasteiger partial charge >= 0.3 is 0 Å². The number of hydrogen-bond acceptors (Lipinski definition) is 3. The van der Waals surface area contributed by atoms with Crippen molar-refractivity contribution in [1.82, 2.24) is 14.5 Å². The second-order valence-corrected chi connectivity index (χ2v) is 10.6. The highest BCUT2D eigenvalue weighted by molar-refractivity contribution is 5.88. The molecule has 1 saturated heterocycles. The number of hydrogen-bond donors (Lipinski definition) is 0. The average molecular weight is 448 g/mol. The number of rotatable bonds is 6. The van der Waals surface area contributed by atoms with E-state index >= 15 is 4.39 Å². The Balaban J connectivity index is 1.48. The first-order valence-corrected chi connectivity index (χ1v) is 12.6. The zero-order valence-electron chi connectivity index (χ0n) is 19.8. The number of nitrogens with zero attached hydrogens (tertiary/aromatic N) is 3. The van der Waals surface area contributed by atoms with Crippen molar-refractivity contribution in [3.05, 3.63) is 64.9 Å². The minimum absolute atomic E-state index is 0.114. The molecule has 1 aliphatic carbocycles. The molecule has 2 fully saturated rings. The summed E-state index contributed by atoms with van der Waals surface area (Å²) in [5.74, 6) is 0.527. The van der Waals surface area contributed by atoms with Gasteiger partial charge in [0.15, 0.2) is 0 Å². The van der Waals surface area contributed by atoms with E-state index in [1.54, 1.807) is 12.3 Å². The molecule has 0 N–H and O–H groups in total. The summed E-state index contributed by atoms with van der Waals surface area (Å²) in [5.41, 5.74) is 4.91. The van der Waals surface area contributed by atoms with Gasteiger partial charge in [0, 0.05) is 48.0 Å². The predicted octanol–water partition coefficient (Wildman–Crippen LogP) is 5.91. The van der Waals surface area contributed by atoms with Gasteiger partial charge in [0.25, 0.3) is 0 Å². The summed E-state index contributed by atoms with van der Waals surface area (Å²) in [4.78, 5) is 6.99. The van der Waals surface area contributed by atoms with Crippen LogP contribution < -0.4 is 0 Å². The van der Waals surface area contributed by atoms with E-state index in [2.05, 4.69) is 33.5 Å². The first-order valence-electron chi connectivity index (χ1n) is 12.6. The van der Waals surface area contributed by atoms with Gasteiger partial charge in [0.05, 0.1) is 18.7 Å². The van der Waals surface area contributed by atoms with Crippen LogP contribution in [0.25, 0.3) is 10.9 Å². The van der Waals surface area contributed by atoms with Crippen LogP contribution in [0.3, 0.4) is 0 Å². The second kappa shape index (κ2) is 8.21. The van der Waals surface area contributed by atoms with Gasteiger partial charge in [-0.05, 0) is 81.3 Å². The van der Waals surface area contributed by atoms with Crippen molar-refractivity contribution in [2.75, 3.05) is 19.7 Å². The topological polar surface area (TPSA) is 30.3 Å². The van der Waals surface area contributed by atoms with Crippen molar-refractivity contribution in [1.29, 1.82) is 0 Å². The van der Waals surface area contributed by atoms with E-state index in [1.165, 1.54) is 43.4 Å². The fourth-order valence-corrected chi connectivity index (χ4v) is 6.29. The Kier molecular flexibility index (Phi) is 5.30. The lowest BCUT2D eigenvalue weighted by Gasteiger charge is -2.36. The standard InChI is InChI=1S/C28H34FN3O/c1-19-14-22-26-24-9-5-12-31(24)13-10-25(26)32(27(22)23(29)15-19)18-28(2,21-8-4-11-30-16-21)33-17-20-6-3-7-20/h4,8,11,14-16,20,24H,3,5-7,9-10,12-13,17-18H2,1-2H3/t24-,28+/m1/s1.